The molecule has 1 aromatic heterocycles. The van der Waals surface area contributed by atoms with Crippen molar-refractivity contribution in [3.8, 4) is 11.5 Å². The van der Waals surface area contributed by atoms with Crippen LogP contribution in [0.4, 0.5) is 10.1 Å². The van der Waals surface area contributed by atoms with Crippen molar-refractivity contribution in [3.05, 3.63) is 99.5 Å². The molecule has 0 bridgehead atoms. The first-order valence-electron chi connectivity index (χ1n) is 10.6. The maximum Gasteiger partial charge on any atom is 0.307 e. The number of carbonyl (C=O) groups is 1. The highest BCUT2D eigenvalue weighted by atomic mass is 19.1. The minimum atomic E-state index is -0.616. The number of amides is 1. The first kappa shape index (κ1) is 23.4. The summed E-state index contributed by atoms with van der Waals surface area (Å²) >= 11 is 0. The van der Waals surface area contributed by atoms with Crippen LogP contribution in [0.25, 0.3) is 11.0 Å². The number of hydrogen-bond donors (Lipinski definition) is 1. The number of non-ortho nitro benzene ring substituents is 1. The Balaban J connectivity index is 1.43. The highest BCUT2D eigenvalue weighted by Crippen LogP contribution is 2.29. The van der Waals surface area contributed by atoms with Crippen LogP contribution < -0.4 is 14.9 Å². The third kappa shape index (κ3) is 5.61. The first-order valence-corrected chi connectivity index (χ1v) is 10.6. The van der Waals surface area contributed by atoms with Gasteiger partial charge in [0, 0.05) is 23.1 Å². The molecule has 0 saturated heterocycles. The quantitative estimate of drug-likeness (QED) is 0.201. The van der Waals surface area contributed by atoms with Crippen LogP contribution >= 0.6 is 0 Å². The van der Waals surface area contributed by atoms with Gasteiger partial charge in [-0.15, -0.1) is 0 Å². The van der Waals surface area contributed by atoms with Gasteiger partial charge in [-0.2, -0.15) is 5.10 Å². The lowest BCUT2D eigenvalue weighted by molar-refractivity contribution is -0.384. The highest BCUT2D eigenvalue weighted by Gasteiger charge is 2.15. The van der Waals surface area contributed by atoms with Gasteiger partial charge >= 0.3 is 5.91 Å². The molecule has 3 aromatic carbocycles. The predicted octanol–water partition coefficient (Wildman–Crippen LogP) is 5.22. The van der Waals surface area contributed by atoms with E-state index >= 15 is 0 Å². The lowest BCUT2D eigenvalue weighted by atomic mass is 10.2. The van der Waals surface area contributed by atoms with Crippen molar-refractivity contribution in [1.29, 1.82) is 0 Å². The van der Waals surface area contributed by atoms with Gasteiger partial charge in [0.05, 0.1) is 17.7 Å². The number of nitro benzene ring substituents is 1. The smallest absolute Gasteiger partial charge is 0.307 e. The second-order valence-corrected chi connectivity index (χ2v) is 7.31. The molecule has 0 unspecified atom stereocenters. The van der Waals surface area contributed by atoms with Gasteiger partial charge in [-0.05, 0) is 48.9 Å². The third-order valence-corrected chi connectivity index (χ3v) is 4.92. The van der Waals surface area contributed by atoms with E-state index in [2.05, 4.69) is 10.5 Å². The molecule has 1 N–H and O–H groups in total. The van der Waals surface area contributed by atoms with Gasteiger partial charge in [0.2, 0.25) is 0 Å². The number of nitro groups is 1. The van der Waals surface area contributed by atoms with Crippen LogP contribution in [0.3, 0.4) is 0 Å². The molecule has 0 fully saturated rings. The Kier molecular flexibility index (Phi) is 7.01. The van der Waals surface area contributed by atoms with E-state index in [4.69, 9.17) is 13.9 Å². The molecule has 4 rings (SSSR count). The Hall–Kier alpha value is -4.73. The Labute approximate surface area is 198 Å². The van der Waals surface area contributed by atoms with Crippen molar-refractivity contribution in [2.75, 3.05) is 6.61 Å². The van der Waals surface area contributed by atoms with Crippen LogP contribution in [0.1, 0.15) is 28.6 Å². The number of hydrazone groups is 1. The molecule has 0 saturated carbocycles. The summed E-state index contributed by atoms with van der Waals surface area (Å²) in [6.07, 6.45) is 1.41. The Morgan fingerprint density at radius 3 is 2.71 bits per heavy atom. The summed E-state index contributed by atoms with van der Waals surface area (Å²) in [5.74, 6) is -0.127. The fourth-order valence-electron chi connectivity index (χ4n) is 3.24. The van der Waals surface area contributed by atoms with Crippen LogP contribution in [0, 0.1) is 15.9 Å². The van der Waals surface area contributed by atoms with Gasteiger partial charge in [-0.1, -0.05) is 18.2 Å². The van der Waals surface area contributed by atoms with Gasteiger partial charge in [0.15, 0.2) is 17.3 Å². The molecule has 178 valence electrons. The first-order chi connectivity index (χ1) is 16.9. The van der Waals surface area contributed by atoms with Gasteiger partial charge in [-0.25, -0.2) is 9.82 Å². The molecule has 35 heavy (non-hydrogen) atoms. The summed E-state index contributed by atoms with van der Waals surface area (Å²) in [4.78, 5) is 22.7. The molecule has 0 spiro atoms. The molecule has 0 aliphatic rings. The lowest BCUT2D eigenvalue weighted by Crippen LogP contribution is -2.16. The summed E-state index contributed by atoms with van der Waals surface area (Å²) < 4.78 is 30.6. The van der Waals surface area contributed by atoms with Crippen molar-refractivity contribution in [3.63, 3.8) is 0 Å². The van der Waals surface area contributed by atoms with Crippen molar-refractivity contribution in [1.82, 2.24) is 5.43 Å². The predicted molar refractivity (Wildman–Crippen MR) is 126 cm³/mol. The lowest BCUT2D eigenvalue weighted by Gasteiger charge is -2.13. The second kappa shape index (κ2) is 10.5. The highest BCUT2D eigenvalue weighted by molar-refractivity contribution is 5.97. The normalized spacial score (nSPS) is 11.0. The van der Waals surface area contributed by atoms with Gasteiger partial charge in [0.1, 0.15) is 18.0 Å². The zero-order chi connectivity index (χ0) is 24.8. The third-order valence-electron chi connectivity index (χ3n) is 4.92. The zero-order valence-corrected chi connectivity index (χ0v) is 18.6. The van der Waals surface area contributed by atoms with E-state index in [9.17, 15) is 19.3 Å². The minimum absolute atomic E-state index is 0.0375. The summed E-state index contributed by atoms with van der Waals surface area (Å²) in [6.45, 7) is 2.25. The fourth-order valence-corrected chi connectivity index (χ4v) is 3.24. The second-order valence-electron chi connectivity index (χ2n) is 7.31. The molecule has 10 heteroatoms. The molecule has 0 aliphatic heterocycles. The van der Waals surface area contributed by atoms with E-state index in [-0.39, 0.29) is 23.9 Å². The summed E-state index contributed by atoms with van der Waals surface area (Å²) in [5.41, 5.74) is 3.63. The molecular weight excluding hydrogens is 457 g/mol. The Morgan fingerprint density at radius 2 is 1.94 bits per heavy atom. The largest absolute Gasteiger partial charge is 0.490 e. The van der Waals surface area contributed by atoms with E-state index in [0.29, 0.717) is 40.2 Å². The Bertz CT molecular complexity index is 1420. The molecule has 0 radical (unpaired) electrons. The number of furan rings is 1. The number of halogens is 1. The van der Waals surface area contributed by atoms with E-state index in [1.807, 2.05) is 6.92 Å². The number of hydrogen-bond acceptors (Lipinski definition) is 7. The number of fused-ring (bicyclic) bond motifs is 1. The van der Waals surface area contributed by atoms with Crippen molar-refractivity contribution >= 4 is 28.8 Å². The molecule has 1 heterocycles. The van der Waals surface area contributed by atoms with Crippen LogP contribution in [0.15, 0.2) is 76.2 Å². The summed E-state index contributed by atoms with van der Waals surface area (Å²) in [5, 5.41) is 15.3. The van der Waals surface area contributed by atoms with E-state index in [1.54, 1.807) is 36.4 Å². The molecule has 4 aromatic rings. The van der Waals surface area contributed by atoms with E-state index < -0.39 is 10.8 Å². The summed E-state index contributed by atoms with van der Waals surface area (Å²) in [6, 6.07) is 16.8. The van der Waals surface area contributed by atoms with Crippen molar-refractivity contribution in [2.24, 2.45) is 5.10 Å². The number of ether oxygens (including phenoxy) is 2. The number of nitrogens with zero attached hydrogens (tertiary/aromatic N) is 2. The molecular formula is C25H20FN3O6. The average molecular weight is 477 g/mol. The monoisotopic (exact) mass is 477 g/mol. The van der Waals surface area contributed by atoms with E-state index in [1.165, 1.54) is 36.5 Å². The van der Waals surface area contributed by atoms with Crippen LogP contribution in [0.5, 0.6) is 11.5 Å². The van der Waals surface area contributed by atoms with Crippen LogP contribution in [0.2, 0.25) is 0 Å². The SMILES string of the molecule is CCOc1cc(/C=N/NC(=O)c2cc3cc([N+](=O)[O-])ccc3o2)ccc1OCc1ccccc1F. The number of benzene rings is 3. The number of carbonyl (C=O) groups excluding carboxylic acids is 1. The van der Waals surface area contributed by atoms with Gasteiger partial charge in [-0.3, -0.25) is 14.9 Å². The summed E-state index contributed by atoms with van der Waals surface area (Å²) in [7, 11) is 0. The fraction of sp³-hybridized carbons (Fsp3) is 0.120. The molecule has 1 amide bonds. The molecule has 0 aliphatic carbocycles. The zero-order valence-electron chi connectivity index (χ0n) is 18.6. The van der Waals surface area contributed by atoms with Crippen molar-refractivity contribution in [2.45, 2.75) is 13.5 Å². The van der Waals surface area contributed by atoms with Gasteiger partial charge < -0.3 is 13.9 Å². The topological polar surface area (TPSA) is 116 Å². The van der Waals surface area contributed by atoms with Gasteiger partial charge in [0.25, 0.3) is 5.69 Å². The number of nitrogens with one attached hydrogen (secondary N) is 1. The maximum absolute atomic E-state index is 13.8. The molecule has 0 atom stereocenters. The standard InChI is InChI=1S/C25H20FN3O6/c1-2-33-23-11-16(7-9-22(23)34-15-17-5-3-4-6-20(17)26)14-27-28-25(30)24-13-18-12-19(29(31)32)8-10-21(18)35-24/h3-14H,2,15H2,1H3,(H,28,30)/b27-14+. The Morgan fingerprint density at radius 1 is 1.11 bits per heavy atom. The maximum atomic E-state index is 13.8. The van der Waals surface area contributed by atoms with Crippen LogP contribution in [-0.2, 0) is 6.61 Å². The van der Waals surface area contributed by atoms with Crippen molar-refractivity contribution < 1.29 is 28.0 Å². The van der Waals surface area contributed by atoms with E-state index in [0.717, 1.165) is 0 Å². The average Bonchev–Trinajstić information content (AvgIpc) is 3.28. The number of rotatable bonds is 9. The minimum Gasteiger partial charge on any atom is -0.490 e. The molecule has 9 nitrogen and oxygen atoms in total. The van der Waals surface area contributed by atoms with Crippen LogP contribution in [-0.4, -0.2) is 23.7 Å².